The lowest BCUT2D eigenvalue weighted by Gasteiger charge is -2.24. The van der Waals surface area contributed by atoms with Gasteiger partial charge in [-0.2, -0.15) is 0 Å². The van der Waals surface area contributed by atoms with Gasteiger partial charge >= 0.3 is 8.80 Å². The third-order valence-corrected chi connectivity index (χ3v) is 4.37. The normalized spacial score (nSPS) is 12.7. The fourth-order valence-corrected chi connectivity index (χ4v) is 3.28. The third kappa shape index (κ3) is 6.02. The molecule has 0 spiro atoms. The van der Waals surface area contributed by atoms with Crippen molar-refractivity contribution in [2.24, 2.45) is 0 Å². The second kappa shape index (κ2) is 9.54. The van der Waals surface area contributed by atoms with Crippen LogP contribution in [0.2, 0.25) is 0 Å². The first-order valence-electron chi connectivity index (χ1n) is 5.63. The molecule has 0 amide bonds. The lowest BCUT2D eigenvalue weighted by Crippen LogP contribution is -2.44. The number of hydrogen-bond acceptors (Lipinski definition) is 3. The highest BCUT2D eigenvalue weighted by atomic mass is 28.4. The monoisotopic (exact) mass is 242 g/mol. The van der Waals surface area contributed by atoms with Gasteiger partial charge in [0.1, 0.15) is 0 Å². The van der Waals surface area contributed by atoms with Crippen LogP contribution in [-0.2, 0) is 13.3 Å². The minimum atomic E-state index is -2.61. The fourth-order valence-electron chi connectivity index (χ4n) is 1.19. The van der Waals surface area contributed by atoms with E-state index in [0.717, 1.165) is 0 Å². The average molecular weight is 242 g/mol. The van der Waals surface area contributed by atoms with Crippen LogP contribution in [-0.4, -0.2) is 28.6 Å². The van der Waals surface area contributed by atoms with Crippen LogP contribution in [0, 0.1) is 0 Å². The van der Waals surface area contributed by atoms with Crippen molar-refractivity contribution in [1.29, 1.82) is 0 Å². The maximum Gasteiger partial charge on any atom is 0.529 e. The quantitative estimate of drug-likeness (QED) is 0.459. The molecule has 0 aromatic carbocycles. The molecule has 0 unspecified atom stereocenters. The summed E-state index contributed by atoms with van der Waals surface area (Å²) < 4.78 is 16.9. The van der Waals surface area contributed by atoms with Gasteiger partial charge in [-0.05, 0) is 26.5 Å². The summed E-state index contributed by atoms with van der Waals surface area (Å²) in [5, 5.41) is 0. The van der Waals surface area contributed by atoms with Crippen molar-refractivity contribution >= 4 is 8.80 Å². The Morgan fingerprint density at radius 1 is 0.875 bits per heavy atom. The predicted octanol–water partition coefficient (Wildman–Crippen LogP) is 2.87. The first-order valence-corrected chi connectivity index (χ1v) is 7.43. The van der Waals surface area contributed by atoms with Crippen LogP contribution in [0.4, 0.5) is 0 Å². The lowest BCUT2D eigenvalue weighted by molar-refractivity contribution is 0.0843. The van der Waals surface area contributed by atoms with Gasteiger partial charge in [0.05, 0.1) is 0 Å². The molecule has 92 valence electrons. The minimum absolute atomic E-state index is 0.585. The van der Waals surface area contributed by atoms with Crippen molar-refractivity contribution in [3.8, 4) is 0 Å². The molecule has 16 heavy (non-hydrogen) atoms. The Morgan fingerprint density at radius 3 is 1.75 bits per heavy atom. The number of rotatable bonds is 9. The van der Waals surface area contributed by atoms with E-state index in [-0.39, 0.29) is 0 Å². The zero-order chi connectivity index (χ0) is 12.3. The smallest absolute Gasteiger partial charge is 0.371 e. The molecule has 0 saturated carbocycles. The topological polar surface area (TPSA) is 27.7 Å². The molecule has 0 radical (unpaired) electrons. The van der Waals surface area contributed by atoms with Crippen LogP contribution >= 0.6 is 0 Å². The summed E-state index contributed by atoms with van der Waals surface area (Å²) in [5.41, 5.74) is 1.89. The van der Waals surface area contributed by atoms with Crippen LogP contribution in [0.5, 0.6) is 0 Å². The SMILES string of the molecule is C=C/C=C/C=C/[Si](OCC)(OCC)OCC. The molecule has 0 heterocycles. The van der Waals surface area contributed by atoms with E-state index in [1.165, 1.54) is 0 Å². The maximum absolute atomic E-state index is 5.64. The van der Waals surface area contributed by atoms with E-state index >= 15 is 0 Å². The number of hydrogen-bond donors (Lipinski definition) is 0. The third-order valence-electron chi connectivity index (χ3n) is 1.70. The summed E-state index contributed by atoms with van der Waals surface area (Å²) in [4.78, 5) is 0. The van der Waals surface area contributed by atoms with Crippen LogP contribution in [0.1, 0.15) is 20.8 Å². The van der Waals surface area contributed by atoms with Crippen molar-refractivity contribution in [2.75, 3.05) is 19.8 Å². The molecule has 0 aliphatic heterocycles. The molecule has 0 aromatic rings. The number of allylic oxidation sites excluding steroid dienone is 4. The molecule has 0 bridgehead atoms. The summed E-state index contributed by atoms with van der Waals surface area (Å²) in [6.07, 6.45) is 7.33. The first kappa shape index (κ1) is 15.3. The van der Waals surface area contributed by atoms with Crippen LogP contribution in [0.15, 0.2) is 36.6 Å². The molecular weight excluding hydrogens is 220 g/mol. The van der Waals surface area contributed by atoms with Crippen molar-refractivity contribution in [2.45, 2.75) is 20.8 Å². The average Bonchev–Trinajstić information content (AvgIpc) is 2.26. The van der Waals surface area contributed by atoms with Gasteiger partial charge < -0.3 is 13.3 Å². The lowest BCUT2D eigenvalue weighted by atomic mass is 10.5. The maximum atomic E-state index is 5.64. The van der Waals surface area contributed by atoms with Gasteiger partial charge in [-0.3, -0.25) is 0 Å². The van der Waals surface area contributed by atoms with Gasteiger partial charge in [-0.1, -0.05) is 30.9 Å². The standard InChI is InChI=1S/C12H22O3Si/c1-5-9-10-11-12-16(13-6-2,14-7-3)15-8-4/h5,9-12H,1,6-8H2,2-4H3/b10-9+,12-11+. The van der Waals surface area contributed by atoms with Crippen LogP contribution < -0.4 is 0 Å². The summed E-state index contributed by atoms with van der Waals surface area (Å²) >= 11 is 0. The van der Waals surface area contributed by atoms with Crippen molar-refractivity contribution in [1.82, 2.24) is 0 Å². The second-order valence-corrected chi connectivity index (χ2v) is 5.29. The predicted molar refractivity (Wildman–Crippen MR) is 69.1 cm³/mol. The Kier molecular flexibility index (Phi) is 9.13. The second-order valence-electron chi connectivity index (χ2n) is 2.88. The van der Waals surface area contributed by atoms with Crippen molar-refractivity contribution < 1.29 is 13.3 Å². The Bertz CT molecular complexity index is 219. The highest BCUT2D eigenvalue weighted by molar-refractivity contribution is 6.66. The first-order chi connectivity index (χ1) is 7.74. The van der Waals surface area contributed by atoms with Gasteiger partial charge in [-0.15, -0.1) is 0 Å². The molecule has 3 nitrogen and oxygen atoms in total. The Hall–Kier alpha value is -0.683. The summed E-state index contributed by atoms with van der Waals surface area (Å²) in [5.74, 6) is 0. The molecule has 0 N–H and O–H groups in total. The molecule has 0 atom stereocenters. The van der Waals surface area contributed by atoms with Gasteiger partial charge in [0.25, 0.3) is 0 Å². The molecule has 0 aliphatic carbocycles. The van der Waals surface area contributed by atoms with Gasteiger partial charge in [0.15, 0.2) is 0 Å². The van der Waals surface area contributed by atoms with E-state index in [0.29, 0.717) is 19.8 Å². The van der Waals surface area contributed by atoms with E-state index in [1.54, 1.807) is 6.08 Å². The van der Waals surface area contributed by atoms with E-state index < -0.39 is 8.80 Å². The molecular formula is C12H22O3Si. The fraction of sp³-hybridized carbons (Fsp3) is 0.500. The molecule has 0 saturated heterocycles. The van der Waals surface area contributed by atoms with Crippen LogP contribution in [0.25, 0.3) is 0 Å². The highest BCUT2D eigenvalue weighted by Gasteiger charge is 2.37. The van der Waals surface area contributed by atoms with Gasteiger partial charge in [0.2, 0.25) is 0 Å². The Morgan fingerprint density at radius 2 is 1.38 bits per heavy atom. The summed E-state index contributed by atoms with van der Waals surface area (Å²) in [7, 11) is -2.61. The molecule has 0 fully saturated rings. The zero-order valence-corrected chi connectivity index (χ0v) is 11.4. The summed E-state index contributed by atoms with van der Waals surface area (Å²) in [6.45, 7) is 11.2. The molecule has 0 aromatic heterocycles. The van der Waals surface area contributed by atoms with Gasteiger partial charge in [0, 0.05) is 19.8 Å². The van der Waals surface area contributed by atoms with E-state index in [1.807, 2.05) is 44.7 Å². The largest absolute Gasteiger partial charge is 0.529 e. The van der Waals surface area contributed by atoms with Crippen LogP contribution in [0.3, 0.4) is 0 Å². The van der Waals surface area contributed by atoms with E-state index in [4.69, 9.17) is 13.3 Å². The Labute approximate surface area is 99.8 Å². The van der Waals surface area contributed by atoms with E-state index in [9.17, 15) is 0 Å². The van der Waals surface area contributed by atoms with Crippen molar-refractivity contribution in [3.05, 3.63) is 36.6 Å². The van der Waals surface area contributed by atoms with Crippen molar-refractivity contribution in [3.63, 3.8) is 0 Å². The highest BCUT2D eigenvalue weighted by Crippen LogP contribution is 2.11. The molecule has 0 aliphatic rings. The summed E-state index contributed by atoms with van der Waals surface area (Å²) in [6, 6.07) is 0. The zero-order valence-electron chi connectivity index (χ0n) is 10.4. The minimum Gasteiger partial charge on any atom is -0.371 e. The molecule has 4 heteroatoms. The Balaban J connectivity index is 4.63. The van der Waals surface area contributed by atoms with E-state index in [2.05, 4.69) is 6.58 Å². The molecule has 0 rings (SSSR count). The van der Waals surface area contributed by atoms with Gasteiger partial charge in [-0.25, -0.2) is 0 Å².